The summed E-state index contributed by atoms with van der Waals surface area (Å²) in [7, 11) is 0. The van der Waals surface area contributed by atoms with Gasteiger partial charge in [0.25, 0.3) is 5.91 Å². The van der Waals surface area contributed by atoms with E-state index < -0.39 is 0 Å². The van der Waals surface area contributed by atoms with Gasteiger partial charge in [-0.1, -0.05) is 43.0 Å². The second-order valence-corrected chi connectivity index (χ2v) is 8.68. The number of rotatable bonds is 8. The maximum absolute atomic E-state index is 13.2. The summed E-state index contributed by atoms with van der Waals surface area (Å²) in [5, 5.41) is 3.86. The minimum atomic E-state index is -0.238. The van der Waals surface area contributed by atoms with Crippen LogP contribution in [0.3, 0.4) is 0 Å². The van der Waals surface area contributed by atoms with Gasteiger partial charge >= 0.3 is 0 Å². The topological polar surface area (TPSA) is 59.8 Å². The van der Waals surface area contributed by atoms with Crippen LogP contribution in [0, 0.1) is 5.82 Å². The molecule has 1 atom stereocenters. The molecule has 0 saturated heterocycles. The highest BCUT2D eigenvalue weighted by Gasteiger charge is 2.13. The van der Waals surface area contributed by atoms with Crippen molar-refractivity contribution in [3.05, 3.63) is 89.5 Å². The number of benzene rings is 2. The lowest BCUT2D eigenvalue weighted by Crippen LogP contribution is -2.31. The van der Waals surface area contributed by atoms with Crippen LogP contribution in [0.4, 0.5) is 4.39 Å². The maximum atomic E-state index is 13.2. The van der Waals surface area contributed by atoms with Crippen molar-refractivity contribution in [2.45, 2.75) is 43.8 Å². The van der Waals surface area contributed by atoms with Gasteiger partial charge in [0.15, 0.2) is 5.16 Å². The van der Waals surface area contributed by atoms with Crippen LogP contribution in [0.15, 0.2) is 72.1 Å². The summed E-state index contributed by atoms with van der Waals surface area (Å²) < 4.78 is 15.3. The second kappa shape index (κ2) is 9.96. The number of carbonyl (C=O) groups excluding carboxylic acids is 1. The van der Waals surface area contributed by atoms with Crippen molar-refractivity contribution >= 4 is 28.7 Å². The number of amides is 1. The van der Waals surface area contributed by atoms with Crippen molar-refractivity contribution in [2.24, 2.45) is 0 Å². The molecule has 0 aliphatic rings. The third kappa shape index (κ3) is 5.16. The van der Waals surface area contributed by atoms with E-state index >= 15 is 0 Å². The third-order valence-corrected chi connectivity index (χ3v) is 6.39. The van der Waals surface area contributed by atoms with Gasteiger partial charge in [0.1, 0.15) is 5.82 Å². The van der Waals surface area contributed by atoms with Crippen LogP contribution in [0.1, 0.15) is 41.8 Å². The van der Waals surface area contributed by atoms with E-state index in [1.807, 2.05) is 50.4 Å². The molecule has 2 aromatic heterocycles. The van der Waals surface area contributed by atoms with Gasteiger partial charge in [-0.2, -0.15) is 0 Å². The van der Waals surface area contributed by atoms with E-state index in [4.69, 9.17) is 4.98 Å². The minimum Gasteiger partial charge on any atom is -0.350 e. The third-order valence-electron chi connectivity index (χ3n) is 5.34. The Balaban J connectivity index is 1.54. The molecule has 4 rings (SSSR count). The van der Waals surface area contributed by atoms with Crippen LogP contribution in [-0.2, 0) is 12.3 Å². The van der Waals surface area contributed by atoms with E-state index in [0.717, 1.165) is 33.7 Å². The first kappa shape index (κ1) is 22.0. The molecule has 0 unspecified atom stereocenters. The molecule has 0 saturated carbocycles. The summed E-state index contributed by atoms with van der Waals surface area (Å²) in [5.41, 5.74) is 4.58. The molecule has 0 fully saturated rings. The van der Waals surface area contributed by atoms with Crippen molar-refractivity contribution in [2.75, 3.05) is 0 Å². The summed E-state index contributed by atoms with van der Waals surface area (Å²) >= 11 is 1.61. The van der Waals surface area contributed by atoms with E-state index in [0.29, 0.717) is 17.9 Å². The predicted octanol–water partition coefficient (Wildman–Crippen LogP) is 5.44. The summed E-state index contributed by atoms with van der Waals surface area (Å²) in [4.78, 5) is 21.4. The number of aromatic nitrogens is 3. The molecule has 5 nitrogen and oxygen atoms in total. The first-order chi connectivity index (χ1) is 15.5. The molecule has 2 aromatic carbocycles. The number of thioether (sulfide) groups is 1. The minimum absolute atomic E-state index is 0.0567. The lowest BCUT2D eigenvalue weighted by atomic mass is 10.1. The van der Waals surface area contributed by atoms with Crippen LogP contribution in [0.25, 0.3) is 11.0 Å². The monoisotopic (exact) mass is 448 g/mol. The Hall–Kier alpha value is -3.19. The molecule has 2 heterocycles. The number of pyridine rings is 1. The lowest BCUT2D eigenvalue weighted by molar-refractivity contribution is 0.0939. The number of hydrogen-bond donors (Lipinski definition) is 1. The van der Waals surface area contributed by atoms with Gasteiger partial charge in [-0.3, -0.25) is 9.78 Å². The molecule has 1 N–H and O–H groups in total. The Kier molecular flexibility index (Phi) is 6.85. The predicted molar refractivity (Wildman–Crippen MR) is 126 cm³/mol. The Morgan fingerprint density at radius 1 is 1.09 bits per heavy atom. The van der Waals surface area contributed by atoms with Gasteiger partial charge in [0.05, 0.1) is 23.8 Å². The van der Waals surface area contributed by atoms with Gasteiger partial charge in [-0.05, 0) is 54.8 Å². The number of carbonyl (C=O) groups is 1. The molecule has 32 heavy (non-hydrogen) atoms. The average Bonchev–Trinajstić information content (AvgIpc) is 3.16. The number of fused-ring (bicyclic) bond motifs is 1. The van der Waals surface area contributed by atoms with Crippen molar-refractivity contribution in [1.82, 2.24) is 19.9 Å². The van der Waals surface area contributed by atoms with E-state index in [2.05, 4.69) is 14.9 Å². The second-order valence-electron chi connectivity index (χ2n) is 7.74. The first-order valence-electron chi connectivity index (χ1n) is 10.6. The van der Waals surface area contributed by atoms with E-state index in [1.165, 1.54) is 12.1 Å². The molecular formula is C25H25FN4OS. The number of nitrogens with one attached hydrogen (secondary N) is 1. The fourth-order valence-electron chi connectivity index (χ4n) is 3.29. The van der Waals surface area contributed by atoms with Crippen LogP contribution < -0.4 is 5.32 Å². The summed E-state index contributed by atoms with van der Waals surface area (Å²) in [6.07, 6.45) is 4.45. The van der Waals surface area contributed by atoms with Crippen molar-refractivity contribution in [3.8, 4) is 0 Å². The highest BCUT2D eigenvalue weighted by atomic mass is 32.2. The van der Waals surface area contributed by atoms with Gasteiger partial charge in [-0.25, -0.2) is 9.37 Å². The SMILES string of the molecule is CC[C@H](C)NC(=O)c1ccc(Cn2c(SCc3ccc(F)cc3)nc3ccncc32)cc1. The zero-order valence-corrected chi connectivity index (χ0v) is 18.9. The molecule has 164 valence electrons. The molecule has 0 radical (unpaired) electrons. The van der Waals surface area contributed by atoms with Crippen molar-refractivity contribution in [3.63, 3.8) is 0 Å². The summed E-state index contributed by atoms with van der Waals surface area (Å²) in [5.74, 6) is 0.392. The molecule has 7 heteroatoms. The number of hydrogen-bond acceptors (Lipinski definition) is 4. The molecule has 0 bridgehead atoms. The Morgan fingerprint density at radius 2 is 1.81 bits per heavy atom. The lowest BCUT2D eigenvalue weighted by Gasteiger charge is -2.12. The van der Waals surface area contributed by atoms with Crippen molar-refractivity contribution < 1.29 is 9.18 Å². The van der Waals surface area contributed by atoms with Gasteiger partial charge in [0, 0.05) is 23.6 Å². The first-order valence-corrected chi connectivity index (χ1v) is 11.6. The highest BCUT2D eigenvalue weighted by Crippen LogP contribution is 2.27. The van der Waals surface area contributed by atoms with Gasteiger partial charge < -0.3 is 9.88 Å². The standard InChI is InChI=1S/C25H25FN4OS/c1-3-17(2)28-24(31)20-8-4-18(5-9-20)15-30-23-14-27-13-12-22(23)29-25(30)32-16-19-6-10-21(26)11-7-19/h4-14,17H,3,15-16H2,1-2H3,(H,28,31)/t17-/m0/s1. The van der Waals surface area contributed by atoms with Gasteiger partial charge in [0.2, 0.25) is 0 Å². The normalized spacial score (nSPS) is 12.1. The molecule has 1 amide bonds. The molecule has 0 aliphatic heterocycles. The number of halogens is 1. The van der Waals surface area contributed by atoms with Crippen LogP contribution >= 0.6 is 11.8 Å². The maximum Gasteiger partial charge on any atom is 0.251 e. The molecular weight excluding hydrogens is 423 g/mol. The van der Waals surface area contributed by atoms with E-state index in [1.54, 1.807) is 30.1 Å². The fraction of sp³-hybridized carbons (Fsp3) is 0.240. The summed E-state index contributed by atoms with van der Waals surface area (Å²) in [6, 6.07) is 16.2. The number of nitrogens with zero attached hydrogens (tertiary/aromatic N) is 3. The average molecular weight is 449 g/mol. The highest BCUT2D eigenvalue weighted by molar-refractivity contribution is 7.98. The quantitative estimate of drug-likeness (QED) is 0.365. The zero-order valence-electron chi connectivity index (χ0n) is 18.1. The Morgan fingerprint density at radius 3 is 2.53 bits per heavy atom. The van der Waals surface area contributed by atoms with E-state index in [9.17, 15) is 9.18 Å². The Labute approximate surface area is 191 Å². The largest absolute Gasteiger partial charge is 0.350 e. The van der Waals surface area contributed by atoms with Gasteiger partial charge in [-0.15, -0.1) is 0 Å². The Bertz CT molecular complexity index is 1210. The fourth-order valence-corrected chi connectivity index (χ4v) is 4.26. The molecule has 4 aromatic rings. The number of imidazole rings is 1. The zero-order chi connectivity index (χ0) is 22.5. The smallest absolute Gasteiger partial charge is 0.251 e. The van der Waals surface area contributed by atoms with Crippen LogP contribution in [-0.4, -0.2) is 26.5 Å². The molecule has 0 aliphatic carbocycles. The van der Waals surface area contributed by atoms with Crippen LogP contribution in [0.5, 0.6) is 0 Å². The van der Waals surface area contributed by atoms with E-state index in [-0.39, 0.29) is 17.8 Å². The van der Waals surface area contributed by atoms with Crippen LogP contribution in [0.2, 0.25) is 0 Å². The summed E-state index contributed by atoms with van der Waals surface area (Å²) in [6.45, 7) is 4.65. The molecule has 0 spiro atoms. The van der Waals surface area contributed by atoms with Crippen molar-refractivity contribution in [1.29, 1.82) is 0 Å².